The van der Waals surface area contributed by atoms with Crippen LogP contribution in [0.25, 0.3) is 0 Å². The number of esters is 1. The number of nitrogens with two attached hydrogens (primary N) is 1. The number of hydrogen-bond donors (Lipinski definition) is 2. The molecule has 1 saturated heterocycles. The molecule has 1 saturated carbocycles. The van der Waals surface area contributed by atoms with E-state index < -0.39 is 5.41 Å². The van der Waals surface area contributed by atoms with E-state index in [1.165, 1.54) is 20.0 Å². The Bertz CT molecular complexity index is 245. The standard InChI is InChI=1S/C11H20N2O2/c1-15-10(14)11(4-6-13-7-5-11)9(12)8-2-3-8/h8-9,13H,2-7,12H2,1H3. The molecular weight excluding hydrogens is 192 g/mol. The third-order valence-corrected chi connectivity index (χ3v) is 3.86. The Balaban J connectivity index is 2.15. The number of carbonyl (C=O) groups excluding carboxylic acids is 1. The molecule has 4 heteroatoms. The molecule has 1 aliphatic carbocycles. The predicted molar refractivity (Wildman–Crippen MR) is 57.3 cm³/mol. The van der Waals surface area contributed by atoms with E-state index >= 15 is 0 Å². The van der Waals surface area contributed by atoms with Crippen molar-refractivity contribution in [1.29, 1.82) is 0 Å². The van der Waals surface area contributed by atoms with Gasteiger partial charge in [0.2, 0.25) is 0 Å². The van der Waals surface area contributed by atoms with Crippen LogP contribution in [0, 0.1) is 11.3 Å². The topological polar surface area (TPSA) is 64.3 Å². The minimum atomic E-state index is -0.416. The van der Waals surface area contributed by atoms with Gasteiger partial charge < -0.3 is 15.8 Å². The fourth-order valence-corrected chi connectivity index (χ4v) is 2.66. The number of ether oxygens (including phenoxy) is 1. The highest BCUT2D eigenvalue weighted by atomic mass is 16.5. The second kappa shape index (κ2) is 4.10. The van der Waals surface area contributed by atoms with E-state index in [2.05, 4.69) is 5.32 Å². The molecular formula is C11H20N2O2. The molecule has 0 radical (unpaired) electrons. The molecule has 2 aliphatic rings. The van der Waals surface area contributed by atoms with Crippen LogP contribution in [0.4, 0.5) is 0 Å². The Morgan fingerprint density at radius 2 is 2.07 bits per heavy atom. The van der Waals surface area contributed by atoms with Gasteiger partial charge >= 0.3 is 5.97 Å². The lowest BCUT2D eigenvalue weighted by Gasteiger charge is -2.39. The summed E-state index contributed by atoms with van der Waals surface area (Å²) in [6.45, 7) is 1.74. The quantitative estimate of drug-likeness (QED) is 0.659. The van der Waals surface area contributed by atoms with Gasteiger partial charge in [0.05, 0.1) is 12.5 Å². The summed E-state index contributed by atoms with van der Waals surface area (Å²) in [5.41, 5.74) is 5.82. The molecule has 0 aromatic rings. The van der Waals surface area contributed by atoms with E-state index in [1.807, 2.05) is 0 Å². The zero-order chi connectivity index (χ0) is 10.9. The van der Waals surface area contributed by atoms with E-state index in [1.54, 1.807) is 0 Å². The summed E-state index contributed by atoms with van der Waals surface area (Å²) in [7, 11) is 1.46. The van der Waals surface area contributed by atoms with Crippen LogP contribution < -0.4 is 11.1 Å². The Kier molecular flexibility index (Phi) is 2.98. The zero-order valence-electron chi connectivity index (χ0n) is 9.29. The van der Waals surface area contributed by atoms with Crippen molar-refractivity contribution in [2.75, 3.05) is 20.2 Å². The van der Waals surface area contributed by atoms with Crippen molar-refractivity contribution in [3.63, 3.8) is 0 Å². The average molecular weight is 212 g/mol. The molecule has 1 atom stereocenters. The van der Waals surface area contributed by atoms with Crippen LogP contribution in [-0.4, -0.2) is 32.2 Å². The Labute approximate surface area is 90.5 Å². The van der Waals surface area contributed by atoms with E-state index in [0.717, 1.165) is 25.9 Å². The lowest BCUT2D eigenvalue weighted by molar-refractivity contribution is -0.156. The van der Waals surface area contributed by atoms with Crippen molar-refractivity contribution >= 4 is 5.97 Å². The van der Waals surface area contributed by atoms with Crippen LogP contribution in [0.5, 0.6) is 0 Å². The van der Waals surface area contributed by atoms with Gasteiger partial charge in [0.25, 0.3) is 0 Å². The predicted octanol–water partition coefficient (Wildman–Crippen LogP) is 0.267. The number of methoxy groups -OCH3 is 1. The molecule has 15 heavy (non-hydrogen) atoms. The van der Waals surface area contributed by atoms with E-state index in [4.69, 9.17) is 10.5 Å². The highest BCUT2D eigenvalue weighted by Crippen LogP contribution is 2.44. The summed E-state index contributed by atoms with van der Waals surface area (Å²) in [4.78, 5) is 11.9. The highest BCUT2D eigenvalue weighted by Gasteiger charge is 2.50. The SMILES string of the molecule is COC(=O)C1(C(N)C2CC2)CCNCC1. The van der Waals surface area contributed by atoms with Gasteiger partial charge in [-0.15, -0.1) is 0 Å². The largest absolute Gasteiger partial charge is 0.469 e. The fourth-order valence-electron chi connectivity index (χ4n) is 2.66. The number of hydrogen-bond acceptors (Lipinski definition) is 4. The Morgan fingerprint density at radius 3 is 2.53 bits per heavy atom. The molecule has 2 fully saturated rings. The Hall–Kier alpha value is -0.610. The second-order valence-electron chi connectivity index (χ2n) is 4.76. The van der Waals surface area contributed by atoms with Crippen molar-refractivity contribution in [1.82, 2.24) is 5.32 Å². The van der Waals surface area contributed by atoms with Gasteiger partial charge in [0.1, 0.15) is 0 Å². The summed E-state index contributed by atoms with van der Waals surface area (Å²) in [5, 5.41) is 3.27. The number of carbonyl (C=O) groups is 1. The molecule has 4 nitrogen and oxygen atoms in total. The molecule has 0 amide bonds. The van der Waals surface area contributed by atoms with E-state index in [-0.39, 0.29) is 12.0 Å². The minimum absolute atomic E-state index is 0.00736. The summed E-state index contributed by atoms with van der Waals surface area (Å²) >= 11 is 0. The van der Waals surface area contributed by atoms with Crippen LogP contribution in [0.3, 0.4) is 0 Å². The molecule has 86 valence electrons. The third-order valence-electron chi connectivity index (χ3n) is 3.86. The molecule has 2 rings (SSSR count). The normalized spacial score (nSPS) is 27.1. The maximum atomic E-state index is 11.9. The lowest BCUT2D eigenvalue weighted by Crippen LogP contribution is -2.54. The summed E-state index contributed by atoms with van der Waals surface area (Å²) < 4.78 is 4.95. The van der Waals surface area contributed by atoms with Crippen LogP contribution >= 0.6 is 0 Å². The van der Waals surface area contributed by atoms with E-state index in [0.29, 0.717) is 5.92 Å². The van der Waals surface area contributed by atoms with Crippen LogP contribution in [0.15, 0.2) is 0 Å². The maximum absolute atomic E-state index is 11.9. The van der Waals surface area contributed by atoms with Crippen LogP contribution in [0.2, 0.25) is 0 Å². The van der Waals surface area contributed by atoms with Gasteiger partial charge in [0, 0.05) is 6.04 Å². The molecule has 0 bridgehead atoms. The molecule has 0 aromatic carbocycles. The number of piperidine rings is 1. The third kappa shape index (κ3) is 1.88. The average Bonchev–Trinajstić information content (AvgIpc) is 3.11. The van der Waals surface area contributed by atoms with Crippen molar-refractivity contribution in [3.05, 3.63) is 0 Å². The first-order valence-electron chi connectivity index (χ1n) is 5.75. The molecule has 3 N–H and O–H groups in total. The first-order valence-corrected chi connectivity index (χ1v) is 5.75. The minimum Gasteiger partial charge on any atom is -0.469 e. The first-order chi connectivity index (χ1) is 7.20. The first kappa shape index (κ1) is 10.9. The molecule has 1 aliphatic heterocycles. The van der Waals surface area contributed by atoms with Gasteiger partial charge in [-0.2, -0.15) is 0 Å². The molecule has 0 spiro atoms. The van der Waals surface area contributed by atoms with Crippen molar-refractivity contribution in [3.8, 4) is 0 Å². The molecule has 0 aromatic heterocycles. The summed E-state index contributed by atoms with van der Waals surface area (Å²) in [6.07, 6.45) is 3.98. The van der Waals surface area contributed by atoms with E-state index in [9.17, 15) is 4.79 Å². The highest BCUT2D eigenvalue weighted by molar-refractivity contribution is 5.78. The van der Waals surface area contributed by atoms with Crippen LogP contribution in [-0.2, 0) is 9.53 Å². The van der Waals surface area contributed by atoms with Crippen molar-refractivity contribution < 1.29 is 9.53 Å². The molecule has 1 heterocycles. The smallest absolute Gasteiger partial charge is 0.313 e. The number of nitrogens with one attached hydrogen (secondary N) is 1. The van der Waals surface area contributed by atoms with Gasteiger partial charge in [-0.05, 0) is 44.7 Å². The van der Waals surface area contributed by atoms with Gasteiger partial charge in [-0.1, -0.05) is 0 Å². The van der Waals surface area contributed by atoms with Crippen LogP contribution in [0.1, 0.15) is 25.7 Å². The van der Waals surface area contributed by atoms with Gasteiger partial charge in [0.15, 0.2) is 0 Å². The van der Waals surface area contributed by atoms with Gasteiger partial charge in [-0.25, -0.2) is 0 Å². The maximum Gasteiger partial charge on any atom is 0.313 e. The molecule has 1 unspecified atom stereocenters. The monoisotopic (exact) mass is 212 g/mol. The van der Waals surface area contributed by atoms with Gasteiger partial charge in [-0.3, -0.25) is 4.79 Å². The zero-order valence-corrected chi connectivity index (χ0v) is 9.29. The summed E-state index contributed by atoms with van der Waals surface area (Å²) in [6, 6.07) is -0.00736. The fraction of sp³-hybridized carbons (Fsp3) is 0.909. The number of rotatable bonds is 3. The van der Waals surface area contributed by atoms with Crippen molar-refractivity contribution in [2.45, 2.75) is 31.7 Å². The summed E-state index contributed by atoms with van der Waals surface area (Å²) in [5.74, 6) is 0.436. The lowest BCUT2D eigenvalue weighted by atomic mass is 9.71. The Morgan fingerprint density at radius 1 is 1.47 bits per heavy atom. The second-order valence-corrected chi connectivity index (χ2v) is 4.76. The van der Waals surface area contributed by atoms with Crippen molar-refractivity contribution in [2.24, 2.45) is 17.1 Å².